The lowest BCUT2D eigenvalue weighted by atomic mass is 9.98. The van der Waals surface area contributed by atoms with Gasteiger partial charge >= 0.3 is 0 Å². The molecular formula is C16H14BrClO2. The SMILES string of the molecule is CC1Cc2cc(C(O)c3cc(Cl)cc(Br)c3)ccc2O1. The predicted octanol–water partition coefficient (Wildman–Crippen LogP) is 4.51. The number of aliphatic hydroxyl groups is 1. The Bertz CT molecular complexity index is 637. The van der Waals surface area contributed by atoms with Crippen LogP contribution in [0.25, 0.3) is 0 Å². The summed E-state index contributed by atoms with van der Waals surface area (Å²) in [5.74, 6) is 0.917. The van der Waals surface area contributed by atoms with Crippen molar-refractivity contribution in [2.45, 2.75) is 25.6 Å². The number of ether oxygens (including phenoxy) is 1. The molecule has 2 nitrogen and oxygen atoms in total. The lowest BCUT2D eigenvalue weighted by Gasteiger charge is -2.13. The van der Waals surface area contributed by atoms with Gasteiger partial charge in [-0.2, -0.15) is 0 Å². The molecule has 1 heterocycles. The second-order valence-corrected chi connectivity index (χ2v) is 6.46. The number of rotatable bonds is 2. The molecule has 0 aromatic heterocycles. The van der Waals surface area contributed by atoms with Crippen LogP contribution >= 0.6 is 27.5 Å². The summed E-state index contributed by atoms with van der Waals surface area (Å²) in [6, 6.07) is 11.3. The third kappa shape index (κ3) is 2.71. The molecule has 0 radical (unpaired) electrons. The molecule has 20 heavy (non-hydrogen) atoms. The number of halogens is 2. The quantitative estimate of drug-likeness (QED) is 0.861. The lowest BCUT2D eigenvalue weighted by Crippen LogP contribution is -2.05. The third-order valence-electron chi connectivity index (χ3n) is 3.44. The van der Waals surface area contributed by atoms with Gasteiger partial charge in [-0.1, -0.05) is 33.6 Å². The Morgan fingerprint density at radius 1 is 1.25 bits per heavy atom. The minimum absolute atomic E-state index is 0.206. The molecule has 2 atom stereocenters. The number of benzene rings is 2. The molecule has 0 spiro atoms. The average Bonchev–Trinajstić information content (AvgIpc) is 2.75. The molecule has 3 rings (SSSR count). The van der Waals surface area contributed by atoms with Gasteiger partial charge in [0.25, 0.3) is 0 Å². The summed E-state index contributed by atoms with van der Waals surface area (Å²) < 4.78 is 6.53. The summed E-state index contributed by atoms with van der Waals surface area (Å²) in [6.45, 7) is 2.05. The van der Waals surface area contributed by atoms with Gasteiger partial charge in [0.2, 0.25) is 0 Å². The van der Waals surface area contributed by atoms with Crippen molar-refractivity contribution in [3.8, 4) is 5.75 Å². The first-order chi connectivity index (χ1) is 9.52. The van der Waals surface area contributed by atoms with Gasteiger partial charge in [-0.05, 0) is 53.9 Å². The Morgan fingerprint density at radius 3 is 2.80 bits per heavy atom. The summed E-state index contributed by atoms with van der Waals surface area (Å²) >= 11 is 9.43. The van der Waals surface area contributed by atoms with E-state index in [9.17, 15) is 5.11 Å². The van der Waals surface area contributed by atoms with Crippen LogP contribution in [-0.2, 0) is 6.42 Å². The second-order valence-electron chi connectivity index (χ2n) is 5.11. The van der Waals surface area contributed by atoms with Crippen LogP contribution in [0.15, 0.2) is 40.9 Å². The molecule has 2 aromatic carbocycles. The minimum atomic E-state index is -0.689. The van der Waals surface area contributed by atoms with E-state index in [1.807, 2.05) is 31.2 Å². The molecule has 0 aliphatic carbocycles. The van der Waals surface area contributed by atoms with Crippen LogP contribution in [0.3, 0.4) is 0 Å². The van der Waals surface area contributed by atoms with Gasteiger partial charge in [-0.25, -0.2) is 0 Å². The molecule has 0 saturated heterocycles. The molecular weight excluding hydrogens is 340 g/mol. The van der Waals surface area contributed by atoms with Crippen molar-refractivity contribution in [2.24, 2.45) is 0 Å². The van der Waals surface area contributed by atoms with E-state index in [4.69, 9.17) is 16.3 Å². The highest BCUT2D eigenvalue weighted by molar-refractivity contribution is 9.10. The first-order valence-electron chi connectivity index (χ1n) is 6.46. The van der Waals surface area contributed by atoms with Crippen molar-refractivity contribution in [3.63, 3.8) is 0 Å². The summed E-state index contributed by atoms with van der Waals surface area (Å²) in [6.07, 6.45) is 0.402. The zero-order valence-electron chi connectivity index (χ0n) is 10.9. The second kappa shape index (κ2) is 5.40. The van der Waals surface area contributed by atoms with Gasteiger partial charge in [-0.15, -0.1) is 0 Å². The fourth-order valence-electron chi connectivity index (χ4n) is 2.54. The van der Waals surface area contributed by atoms with Crippen LogP contribution in [-0.4, -0.2) is 11.2 Å². The van der Waals surface area contributed by atoms with E-state index in [-0.39, 0.29) is 6.10 Å². The Balaban J connectivity index is 1.95. The fourth-order valence-corrected chi connectivity index (χ4v) is 3.42. The van der Waals surface area contributed by atoms with E-state index in [0.29, 0.717) is 5.02 Å². The molecule has 1 aliphatic rings. The first-order valence-corrected chi connectivity index (χ1v) is 7.63. The van der Waals surface area contributed by atoms with Crippen molar-refractivity contribution in [2.75, 3.05) is 0 Å². The molecule has 104 valence electrons. The van der Waals surface area contributed by atoms with Crippen LogP contribution < -0.4 is 4.74 Å². The van der Waals surface area contributed by atoms with Crippen molar-refractivity contribution < 1.29 is 9.84 Å². The van der Waals surface area contributed by atoms with Gasteiger partial charge in [-0.3, -0.25) is 0 Å². The molecule has 0 saturated carbocycles. The minimum Gasteiger partial charge on any atom is -0.490 e. The monoisotopic (exact) mass is 352 g/mol. The highest BCUT2D eigenvalue weighted by atomic mass is 79.9. The van der Waals surface area contributed by atoms with E-state index in [1.54, 1.807) is 12.1 Å². The standard InChI is InChI=1S/C16H14BrClO2/c1-9-4-11-5-10(2-3-15(11)20-9)16(19)12-6-13(17)8-14(18)7-12/h2-3,5-9,16,19H,4H2,1H3. The number of aliphatic hydroxyl groups excluding tert-OH is 1. The first kappa shape index (κ1) is 13.9. The van der Waals surface area contributed by atoms with Gasteiger partial charge in [0, 0.05) is 15.9 Å². The van der Waals surface area contributed by atoms with Crippen LogP contribution in [0, 0.1) is 0 Å². The van der Waals surface area contributed by atoms with Crippen molar-refractivity contribution in [1.29, 1.82) is 0 Å². The highest BCUT2D eigenvalue weighted by Crippen LogP contribution is 2.34. The van der Waals surface area contributed by atoms with E-state index < -0.39 is 6.10 Å². The maximum Gasteiger partial charge on any atom is 0.123 e. The predicted molar refractivity (Wildman–Crippen MR) is 83.4 cm³/mol. The molecule has 0 fully saturated rings. The molecule has 0 bridgehead atoms. The van der Waals surface area contributed by atoms with Crippen molar-refractivity contribution in [1.82, 2.24) is 0 Å². The number of hydrogen-bond donors (Lipinski definition) is 1. The lowest BCUT2D eigenvalue weighted by molar-refractivity contribution is 0.220. The maximum atomic E-state index is 10.5. The summed E-state index contributed by atoms with van der Waals surface area (Å²) in [4.78, 5) is 0. The Hall–Kier alpha value is -1.03. The molecule has 0 amide bonds. The van der Waals surface area contributed by atoms with Gasteiger partial charge < -0.3 is 9.84 Å². The smallest absolute Gasteiger partial charge is 0.123 e. The van der Waals surface area contributed by atoms with Crippen LogP contribution in [0.1, 0.15) is 29.7 Å². The van der Waals surface area contributed by atoms with Gasteiger partial charge in [0.05, 0.1) is 0 Å². The van der Waals surface area contributed by atoms with Crippen molar-refractivity contribution in [3.05, 3.63) is 62.6 Å². The summed E-state index contributed by atoms with van der Waals surface area (Å²) in [7, 11) is 0. The molecule has 1 N–H and O–H groups in total. The molecule has 4 heteroatoms. The summed E-state index contributed by atoms with van der Waals surface area (Å²) in [5, 5.41) is 11.1. The molecule has 1 aliphatic heterocycles. The Morgan fingerprint density at radius 2 is 2.05 bits per heavy atom. The normalized spacial score (nSPS) is 18.5. The van der Waals surface area contributed by atoms with E-state index in [1.165, 1.54) is 0 Å². The van der Waals surface area contributed by atoms with Crippen LogP contribution in [0.2, 0.25) is 5.02 Å². The number of hydrogen-bond acceptors (Lipinski definition) is 2. The third-order valence-corrected chi connectivity index (χ3v) is 4.11. The molecule has 2 aromatic rings. The van der Waals surface area contributed by atoms with Crippen LogP contribution in [0.5, 0.6) is 5.75 Å². The zero-order chi connectivity index (χ0) is 14.3. The molecule has 2 unspecified atom stereocenters. The van der Waals surface area contributed by atoms with E-state index in [0.717, 1.165) is 33.3 Å². The van der Waals surface area contributed by atoms with Crippen LogP contribution in [0.4, 0.5) is 0 Å². The van der Waals surface area contributed by atoms with E-state index >= 15 is 0 Å². The highest BCUT2D eigenvalue weighted by Gasteiger charge is 2.21. The van der Waals surface area contributed by atoms with E-state index in [2.05, 4.69) is 15.9 Å². The Labute approximate surface area is 131 Å². The Kier molecular flexibility index (Phi) is 3.76. The number of fused-ring (bicyclic) bond motifs is 1. The van der Waals surface area contributed by atoms with Crippen molar-refractivity contribution >= 4 is 27.5 Å². The maximum absolute atomic E-state index is 10.5. The summed E-state index contributed by atoms with van der Waals surface area (Å²) in [5.41, 5.74) is 2.78. The largest absolute Gasteiger partial charge is 0.490 e. The zero-order valence-corrected chi connectivity index (χ0v) is 13.3. The van der Waals surface area contributed by atoms with Gasteiger partial charge in [0.15, 0.2) is 0 Å². The topological polar surface area (TPSA) is 29.5 Å². The fraction of sp³-hybridized carbons (Fsp3) is 0.250. The van der Waals surface area contributed by atoms with Gasteiger partial charge in [0.1, 0.15) is 18.0 Å². The average molecular weight is 354 g/mol.